The van der Waals surface area contributed by atoms with Crippen LogP contribution < -0.4 is 4.90 Å². The van der Waals surface area contributed by atoms with Crippen LogP contribution in [0.3, 0.4) is 0 Å². The molecule has 4 nitrogen and oxygen atoms in total. The summed E-state index contributed by atoms with van der Waals surface area (Å²) < 4.78 is 0. The number of nitrogens with zero attached hydrogens (tertiary/aromatic N) is 1. The zero-order valence-corrected chi connectivity index (χ0v) is 19.3. The highest BCUT2D eigenvalue weighted by atomic mass is 16.3. The predicted molar refractivity (Wildman–Crippen MR) is 132 cm³/mol. The topological polar surface area (TPSA) is 57.6 Å². The lowest BCUT2D eigenvalue weighted by Crippen LogP contribution is -2.42. The molecule has 0 aliphatic carbocycles. The van der Waals surface area contributed by atoms with E-state index in [1.807, 2.05) is 66.7 Å². The van der Waals surface area contributed by atoms with Gasteiger partial charge in [0.25, 0.3) is 5.91 Å². The Bertz CT molecular complexity index is 1190. The molecule has 33 heavy (non-hydrogen) atoms. The van der Waals surface area contributed by atoms with E-state index in [0.29, 0.717) is 23.4 Å². The summed E-state index contributed by atoms with van der Waals surface area (Å²) >= 11 is 0. The van der Waals surface area contributed by atoms with E-state index in [1.54, 1.807) is 29.2 Å². The van der Waals surface area contributed by atoms with E-state index in [2.05, 4.69) is 20.8 Å². The van der Waals surface area contributed by atoms with Crippen molar-refractivity contribution in [3.8, 4) is 0 Å². The van der Waals surface area contributed by atoms with Gasteiger partial charge >= 0.3 is 0 Å². The summed E-state index contributed by atoms with van der Waals surface area (Å²) in [6.45, 7) is 6.64. The van der Waals surface area contributed by atoms with E-state index in [9.17, 15) is 14.7 Å². The minimum Gasteiger partial charge on any atom is -0.375 e. The fraction of sp³-hybridized carbons (Fsp3) is 0.241. The average molecular weight is 440 g/mol. The highest BCUT2D eigenvalue weighted by molar-refractivity contribution is 6.11. The van der Waals surface area contributed by atoms with E-state index < -0.39 is 11.5 Å². The van der Waals surface area contributed by atoms with Gasteiger partial charge in [0.15, 0.2) is 11.4 Å². The zero-order chi connectivity index (χ0) is 23.6. The first-order valence-electron chi connectivity index (χ1n) is 11.2. The van der Waals surface area contributed by atoms with Crippen LogP contribution in [0, 0.1) is 0 Å². The number of benzene rings is 3. The summed E-state index contributed by atoms with van der Waals surface area (Å²) in [6, 6.07) is 24.4. The molecule has 1 aliphatic heterocycles. The number of anilines is 1. The molecule has 0 saturated heterocycles. The number of carbonyl (C=O) groups excluding carboxylic acids is 2. The molecule has 1 heterocycles. The summed E-state index contributed by atoms with van der Waals surface area (Å²) in [7, 11) is 0. The molecule has 1 N–H and O–H groups in total. The van der Waals surface area contributed by atoms with Crippen molar-refractivity contribution in [1.29, 1.82) is 0 Å². The molecule has 4 rings (SSSR count). The van der Waals surface area contributed by atoms with Crippen molar-refractivity contribution in [2.45, 2.75) is 38.2 Å². The Morgan fingerprint density at radius 2 is 1.58 bits per heavy atom. The molecule has 0 radical (unpaired) electrons. The molecule has 0 saturated carbocycles. The maximum atomic E-state index is 13.4. The average Bonchev–Trinajstić information content (AvgIpc) is 3.01. The molecule has 0 aromatic heterocycles. The van der Waals surface area contributed by atoms with E-state index in [1.165, 1.54) is 0 Å². The molecular weight excluding hydrogens is 410 g/mol. The van der Waals surface area contributed by atoms with Crippen molar-refractivity contribution >= 4 is 23.5 Å². The third-order valence-corrected chi connectivity index (χ3v) is 6.13. The summed E-state index contributed by atoms with van der Waals surface area (Å²) in [5, 5.41) is 11.5. The van der Waals surface area contributed by atoms with E-state index >= 15 is 0 Å². The number of Topliss-reactive ketones (excluding diaryl/α,β-unsaturated/α-hetero) is 1. The zero-order valence-electron chi connectivity index (χ0n) is 19.3. The van der Waals surface area contributed by atoms with Gasteiger partial charge in [-0.1, -0.05) is 106 Å². The maximum absolute atomic E-state index is 13.4. The molecule has 3 aromatic rings. The summed E-state index contributed by atoms with van der Waals surface area (Å²) in [5.41, 5.74) is 1.86. The normalized spacial score (nSPS) is 18.1. The number of hydrogen-bond acceptors (Lipinski definition) is 3. The van der Waals surface area contributed by atoms with Gasteiger partial charge in [-0.3, -0.25) is 9.59 Å². The van der Waals surface area contributed by atoms with Crippen LogP contribution in [0.5, 0.6) is 0 Å². The molecule has 168 valence electrons. The molecule has 0 unspecified atom stereocenters. The fourth-order valence-corrected chi connectivity index (χ4v) is 4.21. The molecular formula is C29H29NO3. The van der Waals surface area contributed by atoms with Gasteiger partial charge in [-0.15, -0.1) is 0 Å². The second kappa shape index (κ2) is 8.80. The summed E-state index contributed by atoms with van der Waals surface area (Å²) in [6.07, 6.45) is 3.54. The number of amides is 1. The Kier molecular flexibility index (Phi) is 6.05. The first-order chi connectivity index (χ1) is 15.7. The Balaban J connectivity index is 1.57. The first kappa shape index (κ1) is 22.7. The van der Waals surface area contributed by atoms with E-state index in [-0.39, 0.29) is 17.6 Å². The van der Waals surface area contributed by atoms with E-state index in [0.717, 1.165) is 11.1 Å². The quantitative estimate of drug-likeness (QED) is 0.516. The van der Waals surface area contributed by atoms with Crippen molar-refractivity contribution in [2.24, 2.45) is 0 Å². The number of carbonyl (C=O) groups is 2. The SMILES string of the molecule is CC(C)(C)c1ccc(C(=O)C[C@@]2(O)C(=O)N(C/C=C/c3ccccc3)c3ccccc32)cc1. The van der Waals surface area contributed by atoms with Gasteiger partial charge < -0.3 is 10.0 Å². The Morgan fingerprint density at radius 3 is 2.24 bits per heavy atom. The van der Waals surface area contributed by atoms with Crippen LogP contribution in [0.25, 0.3) is 6.08 Å². The molecule has 0 fully saturated rings. The molecule has 4 heteroatoms. The summed E-state index contributed by atoms with van der Waals surface area (Å²) in [5.74, 6) is -0.733. The number of rotatable bonds is 6. The summed E-state index contributed by atoms with van der Waals surface area (Å²) in [4.78, 5) is 28.0. The smallest absolute Gasteiger partial charge is 0.264 e. The third kappa shape index (κ3) is 4.53. The third-order valence-electron chi connectivity index (χ3n) is 6.13. The van der Waals surface area contributed by atoms with Crippen LogP contribution in [-0.4, -0.2) is 23.3 Å². The van der Waals surface area contributed by atoms with Crippen molar-refractivity contribution < 1.29 is 14.7 Å². The Labute approximate surface area is 195 Å². The standard InChI is InChI=1S/C29H29NO3/c1-28(2,3)23-17-15-22(16-18-23)26(31)20-29(33)24-13-7-8-14-25(24)30(27(29)32)19-9-12-21-10-5-4-6-11-21/h4-18,33H,19-20H2,1-3H3/b12-9+/t29-/m0/s1. The predicted octanol–water partition coefficient (Wildman–Crippen LogP) is 5.50. The van der Waals surface area contributed by atoms with Crippen molar-refractivity contribution in [3.05, 3.63) is 107 Å². The van der Waals surface area contributed by atoms with Gasteiger partial charge in [-0.2, -0.15) is 0 Å². The number of hydrogen-bond donors (Lipinski definition) is 1. The van der Waals surface area contributed by atoms with Crippen LogP contribution >= 0.6 is 0 Å². The largest absolute Gasteiger partial charge is 0.375 e. The fourth-order valence-electron chi connectivity index (χ4n) is 4.21. The van der Waals surface area contributed by atoms with Crippen LogP contribution in [0.2, 0.25) is 0 Å². The van der Waals surface area contributed by atoms with Gasteiger partial charge in [-0.25, -0.2) is 0 Å². The van der Waals surface area contributed by atoms with Crippen molar-refractivity contribution in [1.82, 2.24) is 0 Å². The van der Waals surface area contributed by atoms with Crippen LogP contribution in [0.1, 0.15) is 54.2 Å². The highest BCUT2D eigenvalue weighted by Crippen LogP contribution is 2.42. The molecule has 0 bridgehead atoms. The lowest BCUT2D eigenvalue weighted by Gasteiger charge is -2.23. The minimum atomic E-state index is -1.88. The molecule has 3 aromatic carbocycles. The van der Waals surface area contributed by atoms with Gasteiger partial charge in [0.1, 0.15) is 0 Å². The number of fused-ring (bicyclic) bond motifs is 1. The van der Waals surface area contributed by atoms with Gasteiger partial charge in [0.2, 0.25) is 0 Å². The Hall–Kier alpha value is -3.50. The highest BCUT2D eigenvalue weighted by Gasteiger charge is 2.50. The second-order valence-corrected chi connectivity index (χ2v) is 9.53. The van der Waals surface area contributed by atoms with Crippen molar-refractivity contribution in [2.75, 3.05) is 11.4 Å². The molecule has 0 spiro atoms. The monoisotopic (exact) mass is 439 g/mol. The molecule has 1 aliphatic rings. The Morgan fingerprint density at radius 1 is 0.939 bits per heavy atom. The first-order valence-corrected chi connectivity index (χ1v) is 11.2. The van der Waals surface area contributed by atoms with Gasteiger partial charge in [-0.05, 0) is 22.6 Å². The van der Waals surface area contributed by atoms with Crippen LogP contribution in [0.4, 0.5) is 5.69 Å². The minimum absolute atomic E-state index is 0.0199. The van der Waals surface area contributed by atoms with E-state index in [4.69, 9.17) is 0 Å². The van der Waals surface area contributed by atoms with Crippen LogP contribution in [-0.2, 0) is 15.8 Å². The maximum Gasteiger partial charge on any atom is 0.264 e. The number of ketones is 1. The number of para-hydroxylation sites is 1. The van der Waals surface area contributed by atoms with Crippen molar-refractivity contribution in [3.63, 3.8) is 0 Å². The van der Waals surface area contributed by atoms with Gasteiger partial charge in [0.05, 0.1) is 12.1 Å². The lowest BCUT2D eigenvalue weighted by molar-refractivity contribution is -0.135. The van der Waals surface area contributed by atoms with Crippen LogP contribution in [0.15, 0.2) is 84.9 Å². The molecule has 1 amide bonds. The lowest BCUT2D eigenvalue weighted by atomic mass is 9.85. The second-order valence-electron chi connectivity index (χ2n) is 9.53. The molecule has 1 atom stereocenters. The number of aliphatic hydroxyl groups is 1. The van der Waals surface area contributed by atoms with Gasteiger partial charge in [0, 0.05) is 17.7 Å².